The molecule has 0 aromatic heterocycles. The van der Waals surface area contributed by atoms with Crippen LogP contribution < -0.4 is 16.2 Å². The number of aliphatic imine (C=N–C) groups is 1. The first-order chi connectivity index (χ1) is 16.6. The summed E-state index contributed by atoms with van der Waals surface area (Å²) in [5.74, 6) is 1.16. The third-order valence-corrected chi connectivity index (χ3v) is 6.76. The van der Waals surface area contributed by atoms with Crippen molar-refractivity contribution < 1.29 is 9.57 Å². The van der Waals surface area contributed by atoms with Crippen LogP contribution >= 0.6 is 0 Å². The van der Waals surface area contributed by atoms with Gasteiger partial charge in [0.15, 0.2) is 0 Å². The van der Waals surface area contributed by atoms with Gasteiger partial charge in [0.25, 0.3) is 0 Å². The van der Waals surface area contributed by atoms with Crippen molar-refractivity contribution in [3.05, 3.63) is 89.0 Å². The van der Waals surface area contributed by atoms with E-state index in [9.17, 15) is 0 Å². The molecule has 1 atom stereocenters. The second kappa shape index (κ2) is 9.49. The first-order valence-electron chi connectivity index (χ1n) is 12.0. The Morgan fingerprint density at radius 3 is 2.35 bits per heavy atom. The molecule has 3 aliphatic rings. The topological polar surface area (TPSA) is 86.1 Å². The predicted molar refractivity (Wildman–Crippen MR) is 135 cm³/mol. The lowest BCUT2D eigenvalue weighted by atomic mass is 9.92. The Balaban J connectivity index is 0.000000200. The van der Waals surface area contributed by atoms with Gasteiger partial charge in [0.05, 0.1) is 12.2 Å². The Bertz CT molecular complexity index is 1180. The first kappa shape index (κ1) is 22.4. The highest BCUT2D eigenvalue weighted by molar-refractivity contribution is 5.79. The lowest BCUT2D eigenvalue weighted by Crippen LogP contribution is -2.35. The molecule has 1 spiro atoms. The molecule has 34 heavy (non-hydrogen) atoms. The predicted octanol–water partition coefficient (Wildman–Crippen LogP) is 4.50. The number of nitrogens with two attached hydrogens (primary N) is 2. The fourth-order valence-electron chi connectivity index (χ4n) is 4.89. The summed E-state index contributed by atoms with van der Waals surface area (Å²) in [7, 11) is 1.76. The van der Waals surface area contributed by atoms with E-state index in [0.717, 1.165) is 28.0 Å². The van der Waals surface area contributed by atoms with Crippen LogP contribution in [-0.4, -0.2) is 24.7 Å². The van der Waals surface area contributed by atoms with Crippen LogP contribution in [0.3, 0.4) is 0 Å². The number of hydrogen-bond acceptors (Lipinski definition) is 6. The van der Waals surface area contributed by atoms with E-state index in [1.165, 1.54) is 30.7 Å². The zero-order valence-electron chi connectivity index (χ0n) is 19.7. The Labute approximate surface area is 201 Å². The molecule has 0 radical (unpaired) electrons. The van der Waals surface area contributed by atoms with Crippen molar-refractivity contribution in [2.45, 2.75) is 44.4 Å². The fraction of sp³-hybridized carbons (Fsp3) is 0.321. The maximum absolute atomic E-state index is 5.97. The zero-order chi connectivity index (χ0) is 23.5. The van der Waals surface area contributed by atoms with Crippen LogP contribution in [0, 0.1) is 0 Å². The smallest absolute Gasteiger partial charge is 0.221 e. The molecule has 176 valence electrons. The van der Waals surface area contributed by atoms with Gasteiger partial charge in [-0.05, 0) is 71.7 Å². The van der Waals surface area contributed by atoms with E-state index in [0.29, 0.717) is 25.5 Å². The highest BCUT2D eigenvalue weighted by Crippen LogP contribution is 2.45. The molecule has 4 N–H and O–H groups in total. The number of aryl methyl sites for hydroxylation is 2. The average Bonchev–Trinajstić information content (AvgIpc) is 3.17. The van der Waals surface area contributed by atoms with Crippen LogP contribution in [0.5, 0.6) is 5.75 Å². The van der Waals surface area contributed by atoms with Crippen LogP contribution in [0.15, 0.2) is 71.7 Å². The minimum Gasteiger partial charge on any atom is -0.493 e. The summed E-state index contributed by atoms with van der Waals surface area (Å²) in [5.41, 5.74) is 18.2. The Morgan fingerprint density at radius 1 is 0.941 bits per heavy atom. The lowest BCUT2D eigenvalue weighted by Gasteiger charge is -2.32. The number of ether oxygens (including phenoxy) is 1. The van der Waals surface area contributed by atoms with Gasteiger partial charge in [-0.25, -0.2) is 14.9 Å². The van der Waals surface area contributed by atoms with Crippen molar-refractivity contribution >= 4 is 5.96 Å². The molecule has 0 saturated heterocycles. The van der Waals surface area contributed by atoms with Gasteiger partial charge in [0, 0.05) is 20.0 Å². The van der Waals surface area contributed by atoms with Crippen molar-refractivity contribution in [3.8, 4) is 16.9 Å². The average molecular weight is 457 g/mol. The standard InChI is InChI=1S/C18H20N4O2.C10H12/c1-22-17(20)21-18(24-22)7-8-23-16-6-5-14(10-15(16)18)13-4-2-3-12(9-13)11-19;1-2-6-10-8-4-3-7-9(10)5-1/h2-6,9-10H,7-8,11,19H2,1H3,(H2,20,21);1-2,5-6H,3-4,7-8H2/t18-;/m1./s1. The molecule has 0 unspecified atom stereocenters. The van der Waals surface area contributed by atoms with Crippen molar-refractivity contribution in [1.29, 1.82) is 0 Å². The molecule has 3 aromatic carbocycles. The number of rotatable bonds is 2. The molecule has 6 rings (SSSR count). The first-order valence-corrected chi connectivity index (χ1v) is 12.0. The monoisotopic (exact) mass is 456 g/mol. The Hall–Kier alpha value is -3.35. The van der Waals surface area contributed by atoms with Gasteiger partial charge >= 0.3 is 0 Å². The normalized spacial score (nSPS) is 20.5. The van der Waals surface area contributed by atoms with Gasteiger partial charge in [-0.1, -0.05) is 48.5 Å². The molecular formula is C28H32N4O2. The van der Waals surface area contributed by atoms with Gasteiger partial charge in [0.2, 0.25) is 11.7 Å². The largest absolute Gasteiger partial charge is 0.493 e. The minimum absolute atomic E-state index is 0.374. The van der Waals surface area contributed by atoms with Gasteiger partial charge in [-0.2, -0.15) is 0 Å². The van der Waals surface area contributed by atoms with E-state index in [-0.39, 0.29) is 0 Å². The summed E-state index contributed by atoms with van der Waals surface area (Å²) in [6.07, 6.45) is 6.00. The summed E-state index contributed by atoms with van der Waals surface area (Å²) in [6.45, 7) is 1.06. The van der Waals surface area contributed by atoms with Crippen LogP contribution in [0.1, 0.15) is 41.5 Å². The third kappa shape index (κ3) is 4.39. The lowest BCUT2D eigenvalue weighted by molar-refractivity contribution is -0.183. The second-order valence-electron chi connectivity index (χ2n) is 9.03. The van der Waals surface area contributed by atoms with Crippen molar-refractivity contribution in [2.24, 2.45) is 16.5 Å². The molecule has 6 nitrogen and oxygen atoms in total. The van der Waals surface area contributed by atoms with Gasteiger partial charge < -0.3 is 16.2 Å². The van der Waals surface area contributed by atoms with Gasteiger partial charge in [0.1, 0.15) is 5.75 Å². The number of guanidine groups is 1. The molecular weight excluding hydrogens is 424 g/mol. The Kier molecular flexibility index (Phi) is 6.26. The van der Waals surface area contributed by atoms with Crippen molar-refractivity contribution in [3.63, 3.8) is 0 Å². The number of hydroxylamine groups is 2. The number of nitrogens with zero attached hydrogens (tertiary/aromatic N) is 2. The minimum atomic E-state index is -0.798. The molecule has 6 heteroatoms. The maximum atomic E-state index is 5.97. The molecule has 0 bridgehead atoms. The molecule has 0 fully saturated rings. The Morgan fingerprint density at radius 2 is 1.68 bits per heavy atom. The molecule has 2 heterocycles. The molecule has 2 aliphatic heterocycles. The fourth-order valence-corrected chi connectivity index (χ4v) is 4.89. The van der Waals surface area contributed by atoms with E-state index in [4.69, 9.17) is 21.0 Å². The number of benzene rings is 3. The van der Waals surface area contributed by atoms with Gasteiger partial charge in [-0.3, -0.25) is 0 Å². The van der Waals surface area contributed by atoms with E-state index >= 15 is 0 Å². The van der Waals surface area contributed by atoms with Crippen molar-refractivity contribution in [1.82, 2.24) is 5.06 Å². The number of hydrogen-bond donors (Lipinski definition) is 2. The van der Waals surface area contributed by atoms with Crippen LogP contribution in [-0.2, 0) is 29.9 Å². The van der Waals surface area contributed by atoms with Crippen LogP contribution in [0.4, 0.5) is 0 Å². The van der Waals surface area contributed by atoms with E-state index in [2.05, 4.69) is 47.5 Å². The molecule has 3 aromatic rings. The molecule has 0 amide bonds. The summed E-state index contributed by atoms with van der Waals surface area (Å²) in [6, 6.07) is 23.1. The molecule has 1 aliphatic carbocycles. The molecule has 0 saturated carbocycles. The maximum Gasteiger partial charge on any atom is 0.221 e. The van der Waals surface area contributed by atoms with E-state index < -0.39 is 5.72 Å². The summed E-state index contributed by atoms with van der Waals surface area (Å²) in [4.78, 5) is 10.5. The summed E-state index contributed by atoms with van der Waals surface area (Å²) in [5, 5.41) is 1.51. The van der Waals surface area contributed by atoms with Crippen LogP contribution in [0.2, 0.25) is 0 Å². The summed E-state index contributed by atoms with van der Waals surface area (Å²) >= 11 is 0. The van der Waals surface area contributed by atoms with E-state index in [1.807, 2.05) is 24.3 Å². The van der Waals surface area contributed by atoms with Crippen molar-refractivity contribution in [2.75, 3.05) is 13.7 Å². The zero-order valence-corrected chi connectivity index (χ0v) is 19.7. The highest BCUT2D eigenvalue weighted by Gasteiger charge is 2.45. The quantitative estimate of drug-likeness (QED) is 0.593. The van der Waals surface area contributed by atoms with E-state index in [1.54, 1.807) is 18.2 Å². The number of fused-ring (bicyclic) bond motifs is 3. The third-order valence-electron chi connectivity index (χ3n) is 6.76. The second-order valence-corrected chi connectivity index (χ2v) is 9.03. The SMILES string of the molecule is CN1O[C@@]2(CCOc3ccc(-c4cccc(CN)c4)cc32)N=C1N.c1ccc2c(c1)CCCC2. The summed E-state index contributed by atoms with van der Waals surface area (Å²) < 4.78 is 5.79. The highest BCUT2D eigenvalue weighted by atomic mass is 16.7. The van der Waals surface area contributed by atoms with Gasteiger partial charge in [-0.15, -0.1) is 0 Å². The van der Waals surface area contributed by atoms with Crippen LogP contribution in [0.25, 0.3) is 11.1 Å².